The van der Waals surface area contributed by atoms with Gasteiger partial charge in [-0.05, 0) is 24.3 Å². The van der Waals surface area contributed by atoms with E-state index in [1.165, 1.54) is 38.5 Å². The average molecular weight is 396 g/mol. The second-order valence-electron chi connectivity index (χ2n) is 5.61. The fourth-order valence-electron chi connectivity index (χ4n) is 2.47. The molecule has 0 saturated heterocycles. The summed E-state index contributed by atoms with van der Waals surface area (Å²) in [7, 11) is -0.788. The standard InChI is InChI=1S/C18H21FN2O5S/c1-25-13-8-9-17(26-2)16(12-13)21(27(3,23)24)11-10-20-18(22)14-6-4-5-7-15(14)19/h4-9,12H,10-11H2,1-3H3,(H,20,22). The highest BCUT2D eigenvalue weighted by Crippen LogP contribution is 2.33. The van der Waals surface area contributed by atoms with Gasteiger partial charge in [-0.15, -0.1) is 0 Å². The number of ether oxygens (including phenoxy) is 2. The molecule has 0 heterocycles. The topological polar surface area (TPSA) is 84.9 Å². The molecule has 2 rings (SSSR count). The van der Waals surface area contributed by atoms with Crippen LogP contribution in [0, 0.1) is 5.82 Å². The number of nitrogens with zero attached hydrogens (tertiary/aromatic N) is 1. The zero-order valence-corrected chi connectivity index (χ0v) is 16.0. The van der Waals surface area contributed by atoms with Crippen LogP contribution in [0.15, 0.2) is 42.5 Å². The van der Waals surface area contributed by atoms with Crippen LogP contribution in [0.1, 0.15) is 10.4 Å². The molecular weight excluding hydrogens is 375 g/mol. The third-order valence-electron chi connectivity index (χ3n) is 3.77. The summed E-state index contributed by atoms with van der Waals surface area (Å²) in [6, 6.07) is 10.3. The number of halogens is 1. The molecule has 0 fully saturated rings. The number of amides is 1. The highest BCUT2D eigenvalue weighted by atomic mass is 32.2. The molecule has 0 aliphatic rings. The lowest BCUT2D eigenvalue weighted by atomic mass is 10.2. The second kappa shape index (κ2) is 8.72. The van der Waals surface area contributed by atoms with Gasteiger partial charge in [-0.3, -0.25) is 9.10 Å². The molecule has 0 aromatic heterocycles. The summed E-state index contributed by atoms with van der Waals surface area (Å²) < 4.78 is 49.6. The molecule has 9 heteroatoms. The van der Waals surface area contributed by atoms with E-state index in [4.69, 9.17) is 9.47 Å². The largest absolute Gasteiger partial charge is 0.497 e. The first kappa shape index (κ1) is 20.5. The van der Waals surface area contributed by atoms with Crippen LogP contribution in [0.5, 0.6) is 11.5 Å². The number of hydrogen-bond acceptors (Lipinski definition) is 5. The van der Waals surface area contributed by atoms with E-state index in [9.17, 15) is 17.6 Å². The maximum atomic E-state index is 13.7. The van der Waals surface area contributed by atoms with Gasteiger partial charge in [0.1, 0.15) is 17.3 Å². The third kappa shape index (κ3) is 5.10. The quantitative estimate of drug-likeness (QED) is 0.738. The predicted octanol–water partition coefficient (Wildman–Crippen LogP) is 2.04. The van der Waals surface area contributed by atoms with Crippen molar-refractivity contribution >= 4 is 21.6 Å². The Morgan fingerprint density at radius 3 is 2.44 bits per heavy atom. The minimum Gasteiger partial charge on any atom is -0.497 e. The molecular formula is C18H21FN2O5S. The van der Waals surface area contributed by atoms with Gasteiger partial charge in [0.15, 0.2) is 0 Å². The van der Waals surface area contributed by atoms with E-state index in [-0.39, 0.29) is 24.3 Å². The first-order chi connectivity index (χ1) is 12.8. The fourth-order valence-corrected chi connectivity index (χ4v) is 3.39. The van der Waals surface area contributed by atoms with Crippen molar-refractivity contribution in [3.05, 3.63) is 53.8 Å². The van der Waals surface area contributed by atoms with Crippen molar-refractivity contribution < 1.29 is 27.1 Å². The van der Waals surface area contributed by atoms with Crippen LogP contribution in [0.2, 0.25) is 0 Å². The molecule has 0 atom stereocenters. The number of carbonyl (C=O) groups excluding carboxylic acids is 1. The Bertz CT molecular complexity index is 918. The van der Waals surface area contributed by atoms with Crippen molar-refractivity contribution in [2.45, 2.75) is 0 Å². The van der Waals surface area contributed by atoms with Crippen LogP contribution in [-0.2, 0) is 10.0 Å². The maximum absolute atomic E-state index is 13.7. The number of sulfonamides is 1. The molecule has 0 saturated carbocycles. The molecule has 7 nitrogen and oxygen atoms in total. The van der Waals surface area contributed by atoms with Gasteiger partial charge >= 0.3 is 0 Å². The van der Waals surface area contributed by atoms with E-state index >= 15 is 0 Å². The molecule has 0 unspecified atom stereocenters. The van der Waals surface area contributed by atoms with E-state index < -0.39 is 21.7 Å². The van der Waals surface area contributed by atoms with Gasteiger partial charge in [0, 0.05) is 12.6 Å². The minimum absolute atomic E-state index is 0.0272. The SMILES string of the molecule is COc1ccc(OC)c(N(CCNC(=O)c2ccccc2F)S(C)(=O)=O)c1. The van der Waals surface area contributed by atoms with E-state index in [1.807, 2.05) is 0 Å². The molecule has 1 amide bonds. The van der Waals surface area contributed by atoms with Crippen LogP contribution in [-0.4, -0.2) is 47.9 Å². The lowest BCUT2D eigenvalue weighted by Crippen LogP contribution is -2.38. The summed E-state index contributed by atoms with van der Waals surface area (Å²) in [6.07, 6.45) is 1.05. The first-order valence-electron chi connectivity index (χ1n) is 8.00. The number of rotatable bonds is 8. The predicted molar refractivity (Wildman–Crippen MR) is 100 cm³/mol. The van der Waals surface area contributed by atoms with Crippen LogP contribution in [0.25, 0.3) is 0 Å². The van der Waals surface area contributed by atoms with Crippen LogP contribution >= 0.6 is 0 Å². The molecule has 146 valence electrons. The summed E-state index contributed by atoms with van der Waals surface area (Å²) in [5.41, 5.74) is 0.168. The van der Waals surface area contributed by atoms with Crippen molar-refractivity contribution in [2.75, 3.05) is 37.9 Å². The molecule has 0 aliphatic heterocycles. The molecule has 0 spiro atoms. The summed E-state index contributed by atoms with van der Waals surface area (Å²) in [5, 5.41) is 2.52. The highest BCUT2D eigenvalue weighted by Gasteiger charge is 2.22. The molecule has 1 N–H and O–H groups in total. The summed E-state index contributed by atoms with van der Waals surface area (Å²) >= 11 is 0. The van der Waals surface area contributed by atoms with Crippen molar-refractivity contribution in [2.24, 2.45) is 0 Å². The van der Waals surface area contributed by atoms with Gasteiger partial charge in [-0.1, -0.05) is 12.1 Å². The van der Waals surface area contributed by atoms with E-state index in [0.717, 1.165) is 10.6 Å². The number of anilines is 1. The van der Waals surface area contributed by atoms with Crippen molar-refractivity contribution in [3.8, 4) is 11.5 Å². The van der Waals surface area contributed by atoms with Crippen molar-refractivity contribution in [3.63, 3.8) is 0 Å². The van der Waals surface area contributed by atoms with Crippen LogP contribution in [0.3, 0.4) is 0 Å². The summed E-state index contributed by atoms with van der Waals surface area (Å²) in [6.45, 7) is -0.0941. The van der Waals surface area contributed by atoms with Gasteiger partial charge in [0.2, 0.25) is 10.0 Å². The fraction of sp³-hybridized carbons (Fsp3) is 0.278. The molecule has 2 aromatic rings. The van der Waals surface area contributed by atoms with E-state index in [0.29, 0.717) is 11.5 Å². The lowest BCUT2D eigenvalue weighted by molar-refractivity contribution is 0.0951. The molecule has 27 heavy (non-hydrogen) atoms. The zero-order valence-electron chi connectivity index (χ0n) is 15.2. The molecule has 2 aromatic carbocycles. The number of nitrogens with one attached hydrogen (secondary N) is 1. The number of benzene rings is 2. The Morgan fingerprint density at radius 1 is 1.15 bits per heavy atom. The second-order valence-corrected chi connectivity index (χ2v) is 7.52. The van der Waals surface area contributed by atoms with Gasteiger partial charge in [0.25, 0.3) is 5.91 Å². The molecule has 0 radical (unpaired) electrons. The van der Waals surface area contributed by atoms with Crippen LogP contribution < -0.4 is 19.1 Å². The van der Waals surface area contributed by atoms with Crippen molar-refractivity contribution in [1.82, 2.24) is 5.32 Å². The van der Waals surface area contributed by atoms with Gasteiger partial charge in [-0.25, -0.2) is 12.8 Å². The lowest BCUT2D eigenvalue weighted by Gasteiger charge is -2.24. The number of carbonyl (C=O) groups is 1. The zero-order chi connectivity index (χ0) is 20.0. The summed E-state index contributed by atoms with van der Waals surface area (Å²) in [4.78, 5) is 12.1. The van der Waals surface area contributed by atoms with Gasteiger partial charge in [-0.2, -0.15) is 0 Å². The van der Waals surface area contributed by atoms with Gasteiger partial charge in [0.05, 0.1) is 38.3 Å². The maximum Gasteiger partial charge on any atom is 0.254 e. The monoisotopic (exact) mass is 396 g/mol. The highest BCUT2D eigenvalue weighted by molar-refractivity contribution is 7.92. The number of hydrogen-bond donors (Lipinski definition) is 1. The third-order valence-corrected chi connectivity index (χ3v) is 4.95. The number of methoxy groups -OCH3 is 2. The normalized spacial score (nSPS) is 11.0. The summed E-state index contributed by atoms with van der Waals surface area (Å²) in [5.74, 6) is -0.486. The van der Waals surface area contributed by atoms with Crippen molar-refractivity contribution in [1.29, 1.82) is 0 Å². The Hall–Kier alpha value is -2.81. The van der Waals surface area contributed by atoms with Gasteiger partial charge < -0.3 is 14.8 Å². The average Bonchev–Trinajstić information content (AvgIpc) is 2.64. The van der Waals surface area contributed by atoms with Crippen LogP contribution in [0.4, 0.5) is 10.1 Å². The Balaban J connectivity index is 2.20. The van der Waals surface area contributed by atoms with E-state index in [2.05, 4.69) is 5.32 Å². The minimum atomic E-state index is -3.67. The first-order valence-corrected chi connectivity index (χ1v) is 9.85. The van der Waals surface area contributed by atoms with E-state index in [1.54, 1.807) is 18.2 Å². The Morgan fingerprint density at radius 2 is 1.85 bits per heavy atom. The molecule has 0 aliphatic carbocycles. The Kier molecular flexibility index (Phi) is 6.62. The molecule has 0 bridgehead atoms. The Labute approximate surface area is 157 Å². The smallest absolute Gasteiger partial charge is 0.254 e.